The number of nitrogens with one attached hydrogen (secondary N) is 4. The molecule has 2 aromatic carbocycles. The highest BCUT2D eigenvalue weighted by Crippen LogP contribution is 2.20. The summed E-state index contributed by atoms with van der Waals surface area (Å²) in [6, 6.07) is 9.14. The van der Waals surface area contributed by atoms with Crippen LogP contribution in [0.25, 0.3) is 10.9 Å². The Labute approximate surface area is 267 Å². The number of aromatic nitrogens is 1. The minimum atomic E-state index is -1.33. The van der Waals surface area contributed by atoms with Crippen LogP contribution in [0.3, 0.4) is 0 Å². The van der Waals surface area contributed by atoms with E-state index in [1.54, 1.807) is 17.2 Å². The van der Waals surface area contributed by atoms with Gasteiger partial charge in [0.1, 0.15) is 18.1 Å². The van der Waals surface area contributed by atoms with Crippen molar-refractivity contribution in [3.63, 3.8) is 0 Å². The SMILES string of the molecule is CC(C)C[C@H](NC(=O)N1CCCCCC1)C(=O)N[C@H](Cc1cccc([N+](=O)[O-])c1)C(=O)N[C@H](Cc1c[nH]c2ccccc12)C(=O)O. The van der Waals surface area contributed by atoms with Gasteiger partial charge in [0.15, 0.2) is 0 Å². The Morgan fingerprint density at radius 2 is 1.57 bits per heavy atom. The second-order valence-corrected chi connectivity index (χ2v) is 12.2. The first-order chi connectivity index (χ1) is 22.0. The van der Waals surface area contributed by atoms with Gasteiger partial charge in [-0.1, -0.05) is 57.0 Å². The Kier molecular flexibility index (Phi) is 11.7. The van der Waals surface area contributed by atoms with Crippen molar-refractivity contribution in [2.45, 2.75) is 76.9 Å². The zero-order valence-corrected chi connectivity index (χ0v) is 26.2. The molecule has 1 aliphatic rings. The number of fused-ring (bicyclic) bond motifs is 1. The number of H-pyrrole nitrogens is 1. The number of para-hydroxylation sites is 1. The van der Waals surface area contributed by atoms with Gasteiger partial charge in [-0.25, -0.2) is 9.59 Å². The summed E-state index contributed by atoms with van der Waals surface area (Å²) in [5.41, 5.74) is 1.72. The largest absolute Gasteiger partial charge is 0.480 e. The predicted octanol–water partition coefficient (Wildman–Crippen LogP) is 3.92. The summed E-state index contributed by atoms with van der Waals surface area (Å²) in [7, 11) is 0. The number of nitrogens with zero attached hydrogens (tertiary/aromatic N) is 2. The number of nitro groups is 1. The molecule has 0 radical (unpaired) electrons. The normalized spacial score (nSPS) is 15.4. The maximum absolute atomic E-state index is 13.7. The van der Waals surface area contributed by atoms with Gasteiger partial charge in [-0.2, -0.15) is 0 Å². The van der Waals surface area contributed by atoms with E-state index in [0.29, 0.717) is 30.6 Å². The van der Waals surface area contributed by atoms with Gasteiger partial charge in [0.25, 0.3) is 5.69 Å². The zero-order valence-electron chi connectivity index (χ0n) is 26.2. The van der Waals surface area contributed by atoms with Gasteiger partial charge in [0, 0.05) is 55.2 Å². The fourth-order valence-corrected chi connectivity index (χ4v) is 5.72. The summed E-state index contributed by atoms with van der Waals surface area (Å²) in [6.07, 6.45) is 5.65. The summed E-state index contributed by atoms with van der Waals surface area (Å²) < 4.78 is 0. The van der Waals surface area contributed by atoms with Crippen molar-refractivity contribution in [2.24, 2.45) is 5.92 Å². The summed E-state index contributed by atoms with van der Waals surface area (Å²) in [5.74, 6) is -2.61. The molecule has 3 atom stereocenters. The lowest BCUT2D eigenvalue weighted by molar-refractivity contribution is -0.384. The molecule has 1 saturated heterocycles. The number of rotatable bonds is 13. The molecule has 2 heterocycles. The van der Waals surface area contributed by atoms with Gasteiger partial charge in [0.2, 0.25) is 11.8 Å². The van der Waals surface area contributed by atoms with Crippen LogP contribution in [0.1, 0.15) is 57.1 Å². The molecule has 0 aliphatic carbocycles. The van der Waals surface area contributed by atoms with E-state index in [0.717, 1.165) is 36.6 Å². The number of hydrogen-bond acceptors (Lipinski definition) is 6. The zero-order chi connectivity index (χ0) is 33.2. The fraction of sp³-hybridized carbons (Fsp3) is 0.455. The maximum atomic E-state index is 13.7. The molecule has 4 amide bonds. The molecular weight excluding hydrogens is 592 g/mol. The van der Waals surface area contributed by atoms with E-state index < -0.39 is 40.8 Å². The predicted molar refractivity (Wildman–Crippen MR) is 172 cm³/mol. The second-order valence-electron chi connectivity index (χ2n) is 12.2. The number of carbonyl (C=O) groups is 4. The first-order valence-corrected chi connectivity index (χ1v) is 15.7. The first kappa shape index (κ1) is 33.9. The Hall–Kier alpha value is -4.94. The standard InChI is InChI=1S/C33H42N6O7/c1-21(2)16-27(37-33(44)38-14-7-3-4-8-15-38)30(40)35-28(18-22-10-9-11-24(17-22)39(45)46)31(41)36-29(32(42)43)19-23-20-34-26-13-6-5-12-25(23)26/h5-6,9-13,17,20-21,27-29,34H,3-4,7-8,14-16,18-19H2,1-2H3,(H,35,40)(H,36,41)(H,37,44)(H,42,43)/t27-,28+,29+/m0/s1. The molecule has 1 aliphatic heterocycles. The molecular formula is C33H42N6O7. The summed E-state index contributed by atoms with van der Waals surface area (Å²) in [5, 5.41) is 30.4. The topological polar surface area (TPSA) is 187 Å². The van der Waals surface area contributed by atoms with Crippen LogP contribution in [-0.2, 0) is 27.2 Å². The van der Waals surface area contributed by atoms with Crippen molar-refractivity contribution in [3.8, 4) is 0 Å². The lowest BCUT2D eigenvalue weighted by Crippen LogP contribution is -2.58. The molecule has 3 aromatic rings. The van der Waals surface area contributed by atoms with E-state index in [2.05, 4.69) is 20.9 Å². The van der Waals surface area contributed by atoms with E-state index in [4.69, 9.17) is 0 Å². The van der Waals surface area contributed by atoms with Gasteiger partial charge in [-0.3, -0.25) is 19.7 Å². The van der Waals surface area contributed by atoms with Gasteiger partial charge in [-0.05, 0) is 42.4 Å². The molecule has 4 rings (SSSR count). The van der Waals surface area contributed by atoms with Crippen molar-refractivity contribution >= 4 is 40.4 Å². The van der Waals surface area contributed by atoms with E-state index in [1.807, 2.05) is 38.1 Å². The van der Waals surface area contributed by atoms with Crippen LogP contribution < -0.4 is 16.0 Å². The number of carboxylic acids is 1. The number of carboxylic acid groups (broad SMARTS) is 1. The Morgan fingerprint density at radius 1 is 0.891 bits per heavy atom. The van der Waals surface area contributed by atoms with E-state index in [-0.39, 0.29) is 30.5 Å². The summed E-state index contributed by atoms with van der Waals surface area (Å²) in [4.78, 5) is 68.5. The van der Waals surface area contributed by atoms with Gasteiger partial charge < -0.3 is 30.9 Å². The summed E-state index contributed by atoms with van der Waals surface area (Å²) >= 11 is 0. The summed E-state index contributed by atoms with van der Waals surface area (Å²) in [6.45, 7) is 5.00. The number of carbonyl (C=O) groups excluding carboxylic acids is 3. The number of amides is 4. The monoisotopic (exact) mass is 634 g/mol. The third-order valence-corrected chi connectivity index (χ3v) is 8.12. The van der Waals surface area contributed by atoms with Crippen LogP contribution in [0.2, 0.25) is 0 Å². The maximum Gasteiger partial charge on any atom is 0.326 e. The van der Waals surface area contributed by atoms with Crippen molar-refractivity contribution in [2.75, 3.05) is 13.1 Å². The lowest BCUT2D eigenvalue weighted by atomic mass is 10.00. The van der Waals surface area contributed by atoms with Crippen LogP contribution in [0.15, 0.2) is 54.7 Å². The number of non-ortho nitro benzene ring substituents is 1. The number of aliphatic carboxylic acids is 1. The van der Waals surface area contributed by atoms with Crippen LogP contribution in [0.4, 0.5) is 10.5 Å². The molecule has 0 bridgehead atoms. The molecule has 46 heavy (non-hydrogen) atoms. The first-order valence-electron chi connectivity index (χ1n) is 15.7. The molecule has 5 N–H and O–H groups in total. The molecule has 1 aromatic heterocycles. The van der Waals surface area contributed by atoms with Crippen molar-refractivity contribution < 1.29 is 29.2 Å². The van der Waals surface area contributed by atoms with E-state index >= 15 is 0 Å². The third-order valence-electron chi connectivity index (χ3n) is 8.12. The molecule has 0 spiro atoms. The number of hydrogen-bond donors (Lipinski definition) is 5. The number of likely N-dealkylation sites (tertiary alicyclic amines) is 1. The van der Waals surface area contributed by atoms with Gasteiger partial charge >= 0.3 is 12.0 Å². The van der Waals surface area contributed by atoms with E-state index in [9.17, 15) is 34.4 Å². The Bertz CT molecular complexity index is 1550. The van der Waals surface area contributed by atoms with Crippen molar-refractivity contribution in [1.82, 2.24) is 25.8 Å². The number of aromatic amines is 1. The van der Waals surface area contributed by atoms with Crippen LogP contribution in [0.5, 0.6) is 0 Å². The smallest absolute Gasteiger partial charge is 0.326 e. The third kappa shape index (κ3) is 9.29. The minimum Gasteiger partial charge on any atom is -0.480 e. The highest BCUT2D eigenvalue weighted by atomic mass is 16.6. The number of nitro benzene ring substituents is 1. The molecule has 246 valence electrons. The minimum absolute atomic E-state index is 0.0234. The van der Waals surface area contributed by atoms with Crippen molar-refractivity contribution in [1.29, 1.82) is 0 Å². The highest BCUT2D eigenvalue weighted by molar-refractivity contribution is 5.94. The fourth-order valence-electron chi connectivity index (χ4n) is 5.72. The second kappa shape index (κ2) is 15.9. The molecule has 0 saturated carbocycles. The Morgan fingerprint density at radius 3 is 2.24 bits per heavy atom. The average Bonchev–Trinajstić information content (AvgIpc) is 3.22. The highest BCUT2D eigenvalue weighted by Gasteiger charge is 2.31. The van der Waals surface area contributed by atoms with Crippen LogP contribution in [-0.4, -0.2) is 74.9 Å². The van der Waals surface area contributed by atoms with E-state index in [1.165, 1.54) is 18.2 Å². The Balaban J connectivity index is 1.56. The number of benzene rings is 2. The van der Waals surface area contributed by atoms with Crippen molar-refractivity contribution in [3.05, 3.63) is 76.0 Å². The van der Waals surface area contributed by atoms with Gasteiger partial charge in [0.05, 0.1) is 4.92 Å². The van der Waals surface area contributed by atoms with Crippen LogP contribution in [0, 0.1) is 16.0 Å². The van der Waals surface area contributed by atoms with Crippen LogP contribution >= 0.6 is 0 Å². The number of urea groups is 1. The molecule has 13 heteroatoms. The van der Waals surface area contributed by atoms with Gasteiger partial charge in [-0.15, -0.1) is 0 Å². The quantitative estimate of drug-likeness (QED) is 0.139. The molecule has 1 fully saturated rings. The lowest BCUT2D eigenvalue weighted by Gasteiger charge is -2.28. The average molecular weight is 635 g/mol. The molecule has 13 nitrogen and oxygen atoms in total. The molecule has 0 unspecified atom stereocenters.